The molecule has 1 aromatic rings. The van der Waals surface area contributed by atoms with Crippen LogP contribution in [-0.4, -0.2) is 27.7 Å². The van der Waals surface area contributed by atoms with Gasteiger partial charge in [-0.15, -0.1) is 10.2 Å². The second kappa shape index (κ2) is 4.35. The number of aromatic nitrogens is 2. The molecule has 7 nitrogen and oxygen atoms in total. The van der Waals surface area contributed by atoms with Crippen molar-refractivity contribution in [1.29, 1.82) is 0 Å². The van der Waals surface area contributed by atoms with Crippen molar-refractivity contribution in [3.05, 3.63) is 5.01 Å². The van der Waals surface area contributed by atoms with Crippen LogP contribution in [0, 0.1) is 0 Å². The highest BCUT2D eigenvalue weighted by Crippen LogP contribution is 2.15. The Labute approximate surface area is 95.0 Å². The maximum atomic E-state index is 11.6. The number of nitrogens with one attached hydrogen (secondary N) is 2. The van der Waals surface area contributed by atoms with E-state index < -0.39 is 5.91 Å². The summed E-state index contributed by atoms with van der Waals surface area (Å²) in [4.78, 5) is 22.4. The predicted octanol–water partition coefficient (Wildman–Crippen LogP) is -0.0851. The summed E-state index contributed by atoms with van der Waals surface area (Å²) in [6.45, 7) is 1.95. The van der Waals surface area contributed by atoms with Crippen molar-refractivity contribution in [1.82, 2.24) is 15.6 Å². The van der Waals surface area contributed by atoms with Crippen LogP contribution in [0.4, 0.5) is 5.13 Å². The number of hydrogen-bond donors (Lipinski definition) is 2. The van der Waals surface area contributed by atoms with Crippen LogP contribution in [0.3, 0.4) is 0 Å². The summed E-state index contributed by atoms with van der Waals surface area (Å²) < 4.78 is 0. The molecule has 0 aliphatic carbocycles. The third kappa shape index (κ3) is 2.22. The molecule has 0 aromatic carbocycles. The number of amides is 2. The number of hydrazone groups is 1. The van der Waals surface area contributed by atoms with Crippen LogP contribution in [0.15, 0.2) is 5.10 Å². The Bertz CT molecular complexity index is 467. The van der Waals surface area contributed by atoms with Crippen molar-refractivity contribution in [2.45, 2.75) is 19.8 Å². The molecule has 0 spiro atoms. The van der Waals surface area contributed by atoms with E-state index in [1.54, 1.807) is 0 Å². The average Bonchev–Trinajstić information content (AvgIpc) is 2.87. The Morgan fingerprint density at radius 2 is 2.38 bits per heavy atom. The summed E-state index contributed by atoms with van der Waals surface area (Å²) in [5.41, 5.74) is 2.37. The van der Waals surface area contributed by atoms with E-state index in [0.717, 1.165) is 11.4 Å². The maximum absolute atomic E-state index is 11.6. The van der Waals surface area contributed by atoms with Crippen LogP contribution >= 0.6 is 11.3 Å². The van der Waals surface area contributed by atoms with E-state index in [9.17, 15) is 9.59 Å². The van der Waals surface area contributed by atoms with Crippen LogP contribution in [0.25, 0.3) is 0 Å². The van der Waals surface area contributed by atoms with Crippen LogP contribution in [0.1, 0.15) is 18.4 Å². The lowest BCUT2D eigenvalue weighted by Crippen LogP contribution is -2.22. The van der Waals surface area contributed by atoms with Gasteiger partial charge in [-0.25, -0.2) is 5.43 Å². The molecule has 8 heteroatoms. The van der Waals surface area contributed by atoms with Gasteiger partial charge in [0.2, 0.25) is 11.0 Å². The van der Waals surface area contributed by atoms with E-state index in [-0.39, 0.29) is 18.0 Å². The smallest absolute Gasteiger partial charge is 0.274 e. The molecule has 2 amide bonds. The van der Waals surface area contributed by atoms with Gasteiger partial charge in [0, 0.05) is 0 Å². The van der Waals surface area contributed by atoms with Gasteiger partial charge < -0.3 is 0 Å². The monoisotopic (exact) mass is 239 g/mol. The van der Waals surface area contributed by atoms with Crippen molar-refractivity contribution in [3.63, 3.8) is 0 Å². The lowest BCUT2D eigenvalue weighted by Gasteiger charge is -1.97. The first-order valence-electron chi connectivity index (χ1n) is 4.68. The van der Waals surface area contributed by atoms with Gasteiger partial charge >= 0.3 is 0 Å². The van der Waals surface area contributed by atoms with Gasteiger partial charge in [-0.05, 0) is 6.42 Å². The molecule has 0 saturated heterocycles. The van der Waals surface area contributed by atoms with Crippen molar-refractivity contribution in [2.24, 2.45) is 5.10 Å². The lowest BCUT2D eigenvalue weighted by atomic mass is 10.2. The molecule has 0 atom stereocenters. The zero-order chi connectivity index (χ0) is 11.5. The summed E-state index contributed by atoms with van der Waals surface area (Å²) in [7, 11) is 0. The van der Waals surface area contributed by atoms with Crippen molar-refractivity contribution >= 4 is 34.0 Å². The van der Waals surface area contributed by atoms with E-state index in [0.29, 0.717) is 5.13 Å². The molecule has 0 saturated carbocycles. The zero-order valence-corrected chi connectivity index (χ0v) is 9.30. The first-order chi connectivity index (χ1) is 7.69. The maximum Gasteiger partial charge on any atom is 0.274 e. The molecule has 1 aromatic heterocycles. The van der Waals surface area contributed by atoms with Crippen molar-refractivity contribution in [2.75, 3.05) is 5.32 Å². The molecular formula is C8H9N5O2S. The predicted molar refractivity (Wildman–Crippen MR) is 58.1 cm³/mol. The molecule has 2 N–H and O–H groups in total. The van der Waals surface area contributed by atoms with Crippen LogP contribution in [0.2, 0.25) is 0 Å². The largest absolute Gasteiger partial charge is 0.295 e. The first kappa shape index (κ1) is 10.7. The number of hydrogen-bond acceptors (Lipinski definition) is 6. The van der Waals surface area contributed by atoms with Gasteiger partial charge in [0.1, 0.15) is 10.7 Å². The third-order valence-corrected chi connectivity index (χ3v) is 2.88. The Morgan fingerprint density at radius 1 is 1.56 bits per heavy atom. The molecule has 0 unspecified atom stereocenters. The second-order valence-corrected chi connectivity index (χ2v) is 4.14. The fourth-order valence-electron chi connectivity index (χ4n) is 1.11. The van der Waals surface area contributed by atoms with E-state index in [1.165, 1.54) is 11.3 Å². The molecule has 1 aliphatic rings. The van der Waals surface area contributed by atoms with Gasteiger partial charge in [0.05, 0.1) is 6.42 Å². The zero-order valence-electron chi connectivity index (χ0n) is 8.48. The minimum Gasteiger partial charge on any atom is -0.295 e. The van der Waals surface area contributed by atoms with Gasteiger partial charge in [-0.2, -0.15) is 5.10 Å². The summed E-state index contributed by atoms with van der Waals surface area (Å²) >= 11 is 1.31. The first-order valence-corrected chi connectivity index (χ1v) is 5.50. The molecule has 2 rings (SSSR count). The topological polar surface area (TPSA) is 96.3 Å². The number of nitrogens with zero attached hydrogens (tertiary/aromatic N) is 3. The summed E-state index contributed by atoms with van der Waals surface area (Å²) in [6.07, 6.45) is 0.778. The lowest BCUT2D eigenvalue weighted by molar-refractivity contribution is -0.119. The molecule has 84 valence electrons. The summed E-state index contributed by atoms with van der Waals surface area (Å²) in [5.74, 6) is -0.700. The Hall–Kier alpha value is -1.83. The van der Waals surface area contributed by atoms with Crippen LogP contribution in [-0.2, 0) is 16.0 Å². The Morgan fingerprint density at radius 3 is 2.94 bits per heavy atom. The number of carbonyl (C=O) groups is 2. The van der Waals surface area contributed by atoms with Gasteiger partial charge in [0.15, 0.2) is 0 Å². The molecule has 0 radical (unpaired) electrons. The Balaban J connectivity index is 1.99. The van der Waals surface area contributed by atoms with Gasteiger partial charge in [-0.3, -0.25) is 14.9 Å². The summed E-state index contributed by atoms with van der Waals surface area (Å²) in [6, 6.07) is 0. The SMILES string of the molecule is CCc1nnc(NC(=O)C2=NNC(=O)C2)s1. The minimum absolute atomic E-state index is 0.00523. The fourth-order valence-corrected chi connectivity index (χ4v) is 1.78. The van der Waals surface area contributed by atoms with Crippen molar-refractivity contribution < 1.29 is 9.59 Å². The number of anilines is 1. The highest BCUT2D eigenvalue weighted by Gasteiger charge is 2.22. The van der Waals surface area contributed by atoms with Gasteiger partial charge in [0.25, 0.3) is 5.91 Å². The molecule has 0 fully saturated rings. The molecule has 0 bridgehead atoms. The quantitative estimate of drug-likeness (QED) is 0.770. The highest BCUT2D eigenvalue weighted by molar-refractivity contribution is 7.15. The van der Waals surface area contributed by atoms with Crippen molar-refractivity contribution in [3.8, 4) is 0 Å². The molecular weight excluding hydrogens is 230 g/mol. The summed E-state index contributed by atoms with van der Waals surface area (Å²) in [5, 5.41) is 15.1. The minimum atomic E-state index is -0.419. The number of aryl methyl sites for hydroxylation is 1. The van der Waals surface area contributed by atoms with Crippen LogP contribution in [0.5, 0.6) is 0 Å². The second-order valence-electron chi connectivity index (χ2n) is 3.08. The third-order valence-electron chi connectivity index (χ3n) is 1.90. The highest BCUT2D eigenvalue weighted by atomic mass is 32.1. The van der Waals surface area contributed by atoms with E-state index in [4.69, 9.17) is 0 Å². The molecule has 16 heavy (non-hydrogen) atoms. The Kier molecular flexibility index (Phi) is 2.91. The number of rotatable bonds is 3. The normalized spacial score (nSPS) is 14.6. The molecule has 1 aliphatic heterocycles. The standard InChI is InChI=1S/C8H9N5O2S/c1-2-6-12-13-8(16-6)9-7(15)4-3-5(14)11-10-4/h2-3H2,1H3,(H,11,14)(H,9,13,15). The average molecular weight is 239 g/mol. The molecule has 2 heterocycles. The van der Waals surface area contributed by atoms with Crippen LogP contribution < -0.4 is 10.7 Å². The van der Waals surface area contributed by atoms with E-state index in [1.807, 2.05) is 6.92 Å². The van der Waals surface area contributed by atoms with Gasteiger partial charge in [-0.1, -0.05) is 18.3 Å². The van der Waals surface area contributed by atoms with E-state index in [2.05, 4.69) is 26.0 Å². The number of carbonyl (C=O) groups excluding carboxylic acids is 2. The van der Waals surface area contributed by atoms with E-state index >= 15 is 0 Å². The fraction of sp³-hybridized carbons (Fsp3) is 0.375.